The second-order valence-electron chi connectivity index (χ2n) is 5.54. The molecule has 2 aromatic rings. The van der Waals surface area contributed by atoms with Gasteiger partial charge in [-0.3, -0.25) is 4.79 Å². The molecule has 0 aliphatic heterocycles. The SMILES string of the molecule is CCC(C)(N)C(=O)Nc1cnc2c(cnn2C(C)C)c1. The molecule has 1 amide bonds. The van der Waals surface area contributed by atoms with Gasteiger partial charge in [0.1, 0.15) is 0 Å². The average molecular weight is 275 g/mol. The van der Waals surface area contributed by atoms with Crippen molar-refractivity contribution < 1.29 is 4.79 Å². The molecule has 6 heteroatoms. The van der Waals surface area contributed by atoms with Crippen LogP contribution in [0, 0.1) is 0 Å². The maximum Gasteiger partial charge on any atom is 0.244 e. The Morgan fingerprint density at radius 1 is 1.50 bits per heavy atom. The fourth-order valence-corrected chi connectivity index (χ4v) is 1.82. The molecule has 2 aromatic heterocycles. The number of nitrogens with two attached hydrogens (primary N) is 1. The number of aromatic nitrogens is 3. The average Bonchev–Trinajstić information content (AvgIpc) is 2.81. The van der Waals surface area contributed by atoms with E-state index in [0.29, 0.717) is 12.1 Å². The van der Waals surface area contributed by atoms with Crippen molar-refractivity contribution in [3.63, 3.8) is 0 Å². The van der Waals surface area contributed by atoms with Gasteiger partial charge in [0.05, 0.1) is 23.6 Å². The van der Waals surface area contributed by atoms with E-state index in [-0.39, 0.29) is 11.9 Å². The lowest BCUT2D eigenvalue weighted by Gasteiger charge is -2.21. The normalized spacial score (nSPS) is 14.5. The fourth-order valence-electron chi connectivity index (χ4n) is 1.82. The quantitative estimate of drug-likeness (QED) is 0.894. The molecule has 0 aliphatic rings. The summed E-state index contributed by atoms with van der Waals surface area (Å²) in [6, 6.07) is 2.10. The predicted octanol–water partition coefficient (Wildman–Crippen LogP) is 2.08. The minimum Gasteiger partial charge on any atom is -0.323 e. The Balaban J connectivity index is 2.27. The van der Waals surface area contributed by atoms with E-state index >= 15 is 0 Å². The minimum absolute atomic E-state index is 0.211. The van der Waals surface area contributed by atoms with Gasteiger partial charge in [-0.1, -0.05) is 6.92 Å². The highest BCUT2D eigenvalue weighted by atomic mass is 16.2. The molecule has 3 N–H and O–H groups in total. The summed E-state index contributed by atoms with van der Waals surface area (Å²) in [6.45, 7) is 7.69. The molecule has 0 spiro atoms. The van der Waals surface area contributed by atoms with Crippen LogP contribution in [0.5, 0.6) is 0 Å². The van der Waals surface area contributed by atoms with Gasteiger partial charge in [-0.2, -0.15) is 5.10 Å². The zero-order valence-electron chi connectivity index (χ0n) is 12.3. The number of carbonyl (C=O) groups is 1. The monoisotopic (exact) mass is 275 g/mol. The maximum atomic E-state index is 12.0. The van der Waals surface area contributed by atoms with Gasteiger partial charge in [0, 0.05) is 11.4 Å². The molecule has 20 heavy (non-hydrogen) atoms. The number of hydrogen-bond donors (Lipinski definition) is 2. The molecule has 108 valence electrons. The van der Waals surface area contributed by atoms with Crippen LogP contribution >= 0.6 is 0 Å². The summed E-state index contributed by atoms with van der Waals surface area (Å²) >= 11 is 0. The summed E-state index contributed by atoms with van der Waals surface area (Å²) in [6.07, 6.45) is 3.95. The number of amides is 1. The van der Waals surface area contributed by atoms with Crippen molar-refractivity contribution in [1.29, 1.82) is 0 Å². The van der Waals surface area contributed by atoms with Crippen LogP contribution in [0.25, 0.3) is 11.0 Å². The molecule has 1 unspecified atom stereocenters. The van der Waals surface area contributed by atoms with Gasteiger partial charge < -0.3 is 11.1 Å². The van der Waals surface area contributed by atoms with E-state index in [2.05, 4.69) is 15.4 Å². The minimum atomic E-state index is -0.878. The molecule has 0 radical (unpaired) electrons. The third-order valence-corrected chi connectivity index (χ3v) is 3.43. The van der Waals surface area contributed by atoms with Crippen LogP contribution in [0.15, 0.2) is 18.5 Å². The van der Waals surface area contributed by atoms with Crippen LogP contribution in [0.1, 0.15) is 40.2 Å². The highest BCUT2D eigenvalue weighted by Gasteiger charge is 2.26. The van der Waals surface area contributed by atoms with Gasteiger partial charge in [-0.05, 0) is 33.3 Å². The first-order valence-corrected chi connectivity index (χ1v) is 6.78. The number of anilines is 1. The molecule has 2 rings (SSSR count). The Morgan fingerprint density at radius 2 is 2.20 bits per heavy atom. The van der Waals surface area contributed by atoms with Gasteiger partial charge in [-0.25, -0.2) is 9.67 Å². The molecule has 0 bridgehead atoms. The molecule has 0 fully saturated rings. The van der Waals surface area contributed by atoms with E-state index in [1.54, 1.807) is 19.3 Å². The first kappa shape index (κ1) is 14.5. The van der Waals surface area contributed by atoms with Crippen molar-refractivity contribution in [2.45, 2.75) is 45.7 Å². The lowest BCUT2D eigenvalue weighted by Crippen LogP contribution is -2.47. The highest BCUT2D eigenvalue weighted by molar-refractivity contribution is 5.98. The summed E-state index contributed by atoms with van der Waals surface area (Å²) < 4.78 is 1.85. The van der Waals surface area contributed by atoms with Crippen molar-refractivity contribution >= 4 is 22.6 Å². The van der Waals surface area contributed by atoms with Crippen molar-refractivity contribution in [3.8, 4) is 0 Å². The van der Waals surface area contributed by atoms with Crippen molar-refractivity contribution in [2.75, 3.05) is 5.32 Å². The number of pyridine rings is 1. The predicted molar refractivity (Wildman–Crippen MR) is 79.4 cm³/mol. The molecule has 0 aromatic carbocycles. The molecular formula is C14H21N5O. The number of rotatable bonds is 4. The second kappa shape index (κ2) is 5.20. The number of hydrogen-bond acceptors (Lipinski definition) is 4. The summed E-state index contributed by atoms with van der Waals surface area (Å²) in [5.41, 5.74) is 6.48. The Bertz CT molecular complexity index is 630. The number of fused-ring (bicyclic) bond motifs is 1. The summed E-state index contributed by atoms with van der Waals surface area (Å²) in [5.74, 6) is -0.211. The van der Waals surface area contributed by atoms with Crippen molar-refractivity contribution in [1.82, 2.24) is 14.8 Å². The highest BCUT2D eigenvalue weighted by Crippen LogP contribution is 2.20. The number of carbonyl (C=O) groups excluding carboxylic acids is 1. The lowest BCUT2D eigenvalue weighted by atomic mass is 9.99. The standard InChI is InChI=1S/C14H21N5O/c1-5-14(4,15)13(20)18-11-6-10-7-17-19(9(2)3)12(10)16-8-11/h6-9H,5,15H2,1-4H3,(H,18,20). The zero-order valence-corrected chi connectivity index (χ0v) is 12.3. The van der Waals surface area contributed by atoms with Crippen LogP contribution in [0.4, 0.5) is 5.69 Å². The van der Waals surface area contributed by atoms with E-state index in [4.69, 9.17) is 5.73 Å². The fraction of sp³-hybridized carbons (Fsp3) is 0.500. The zero-order chi connectivity index (χ0) is 14.9. The number of nitrogens with one attached hydrogen (secondary N) is 1. The molecule has 6 nitrogen and oxygen atoms in total. The van der Waals surface area contributed by atoms with Crippen LogP contribution in [0.3, 0.4) is 0 Å². The van der Waals surface area contributed by atoms with Crippen LogP contribution in [-0.2, 0) is 4.79 Å². The van der Waals surface area contributed by atoms with Gasteiger partial charge in [0.15, 0.2) is 5.65 Å². The summed E-state index contributed by atoms with van der Waals surface area (Å²) in [7, 11) is 0. The summed E-state index contributed by atoms with van der Waals surface area (Å²) in [5, 5.41) is 7.99. The van der Waals surface area contributed by atoms with Crippen LogP contribution in [-0.4, -0.2) is 26.2 Å². The van der Waals surface area contributed by atoms with Crippen LogP contribution in [0.2, 0.25) is 0 Å². The van der Waals surface area contributed by atoms with E-state index < -0.39 is 5.54 Å². The molecule has 0 aliphatic carbocycles. The largest absolute Gasteiger partial charge is 0.323 e. The topological polar surface area (TPSA) is 85.8 Å². The van der Waals surface area contributed by atoms with Crippen molar-refractivity contribution in [2.24, 2.45) is 5.73 Å². The van der Waals surface area contributed by atoms with Gasteiger partial charge in [0.2, 0.25) is 5.91 Å². The lowest BCUT2D eigenvalue weighted by molar-refractivity contribution is -0.120. The van der Waals surface area contributed by atoms with Crippen molar-refractivity contribution in [3.05, 3.63) is 18.5 Å². The third-order valence-electron chi connectivity index (χ3n) is 3.43. The molecule has 1 atom stereocenters. The van der Waals surface area contributed by atoms with E-state index in [1.165, 1.54) is 0 Å². The van der Waals surface area contributed by atoms with E-state index in [9.17, 15) is 4.79 Å². The molecule has 0 saturated carbocycles. The van der Waals surface area contributed by atoms with E-state index in [0.717, 1.165) is 11.0 Å². The maximum absolute atomic E-state index is 12.0. The molecule has 0 saturated heterocycles. The smallest absolute Gasteiger partial charge is 0.244 e. The van der Waals surface area contributed by atoms with Gasteiger partial charge in [0.25, 0.3) is 0 Å². The van der Waals surface area contributed by atoms with Crippen LogP contribution < -0.4 is 11.1 Å². The first-order chi connectivity index (χ1) is 9.35. The van der Waals surface area contributed by atoms with E-state index in [1.807, 2.05) is 31.5 Å². The second-order valence-corrected chi connectivity index (χ2v) is 5.54. The molecular weight excluding hydrogens is 254 g/mol. The Kier molecular flexibility index (Phi) is 3.76. The Morgan fingerprint density at radius 3 is 2.80 bits per heavy atom. The van der Waals surface area contributed by atoms with Gasteiger partial charge in [-0.15, -0.1) is 0 Å². The van der Waals surface area contributed by atoms with Gasteiger partial charge >= 0.3 is 0 Å². The first-order valence-electron chi connectivity index (χ1n) is 6.78. The Hall–Kier alpha value is -1.95. The Labute approximate surface area is 118 Å². The number of nitrogens with zero attached hydrogens (tertiary/aromatic N) is 3. The third kappa shape index (κ3) is 2.65. The summed E-state index contributed by atoms with van der Waals surface area (Å²) in [4.78, 5) is 16.4. The molecule has 2 heterocycles.